The van der Waals surface area contributed by atoms with Crippen LogP contribution in [-0.2, 0) is 9.31 Å². The average Bonchev–Trinajstić information content (AvgIpc) is 2.51. The van der Waals surface area contributed by atoms with Crippen molar-refractivity contribution in [1.82, 2.24) is 0 Å². The minimum absolute atomic E-state index is 0.0224. The first-order chi connectivity index (χ1) is 8.73. The van der Waals surface area contributed by atoms with E-state index in [1.807, 2.05) is 27.7 Å². The Balaban J connectivity index is 2.23. The summed E-state index contributed by atoms with van der Waals surface area (Å²) in [5, 5.41) is 9.61. The Bertz CT molecular complexity index is 495. The lowest BCUT2D eigenvalue weighted by Crippen LogP contribution is -2.41. The number of para-hydroxylation sites is 1. The molecule has 102 valence electrons. The van der Waals surface area contributed by atoms with Gasteiger partial charge in [0, 0.05) is 5.56 Å². The third-order valence-corrected chi connectivity index (χ3v) is 3.71. The van der Waals surface area contributed by atoms with Crippen molar-refractivity contribution in [3.05, 3.63) is 35.6 Å². The molecular weight excluding hydrogens is 246 g/mol. The number of halogens is 1. The Morgan fingerprint density at radius 2 is 1.68 bits per heavy atom. The molecule has 0 spiro atoms. The molecule has 0 bridgehead atoms. The van der Waals surface area contributed by atoms with Crippen LogP contribution in [0, 0.1) is 0 Å². The number of phenolic OH excluding ortho intramolecular Hbond substituents is 1. The number of phenols is 1. The summed E-state index contributed by atoms with van der Waals surface area (Å²) in [6.45, 7) is 7.45. The summed E-state index contributed by atoms with van der Waals surface area (Å²) in [5.74, 6) is 0.0224. The maximum atomic E-state index is 14.2. The summed E-state index contributed by atoms with van der Waals surface area (Å²) in [6, 6.07) is 6.53. The summed E-state index contributed by atoms with van der Waals surface area (Å²) in [5.41, 5.74) is -1.32. The maximum absolute atomic E-state index is 14.2. The Kier molecular flexibility index (Phi) is 3.45. The summed E-state index contributed by atoms with van der Waals surface area (Å²) in [4.78, 5) is 0. The van der Waals surface area contributed by atoms with Gasteiger partial charge in [-0.25, -0.2) is 4.39 Å². The van der Waals surface area contributed by atoms with Crippen LogP contribution >= 0.6 is 0 Å². The van der Waals surface area contributed by atoms with Crippen LogP contribution in [0.4, 0.5) is 4.39 Å². The van der Waals surface area contributed by atoms with E-state index in [-0.39, 0.29) is 5.75 Å². The quantitative estimate of drug-likeness (QED) is 0.832. The zero-order valence-corrected chi connectivity index (χ0v) is 11.6. The van der Waals surface area contributed by atoms with Crippen molar-refractivity contribution < 1.29 is 18.8 Å². The molecule has 0 aromatic heterocycles. The molecule has 0 aliphatic carbocycles. The highest BCUT2D eigenvalue weighted by Gasteiger charge is 2.53. The zero-order valence-electron chi connectivity index (χ0n) is 11.6. The van der Waals surface area contributed by atoms with Gasteiger partial charge in [0.15, 0.2) is 0 Å². The summed E-state index contributed by atoms with van der Waals surface area (Å²) < 4.78 is 25.3. The largest absolute Gasteiger partial charge is 0.525 e. The van der Waals surface area contributed by atoms with Crippen molar-refractivity contribution in [3.8, 4) is 5.75 Å². The predicted molar refractivity (Wildman–Crippen MR) is 73.3 cm³/mol. The molecular formula is C14H18BFO3. The normalized spacial score (nSPS) is 21.7. The average molecular weight is 264 g/mol. The Hall–Kier alpha value is -1.33. The van der Waals surface area contributed by atoms with Crippen LogP contribution in [0.3, 0.4) is 0 Å². The van der Waals surface area contributed by atoms with Crippen LogP contribution in [-0.4, -0.2) is 23.4 Å². The molecule has 3 nitrogen and oxygen atoms in total. The Morgan fingerprint density at radius 3 is 2.21 bits per heavy atom. The van der Waals surface area contributed by atoms with Gasteiger partial charge in [0.2, 0.25) is 0 Å². The Labute approximate surface area is 113 Å². The predicted octanol–water partition coefficient (Wildman–Crippen LogP) is 3.33. The minimum Gasteiger partial charge on any atom is -0.507 e. The molecule has 19 heavy (non-hydrogen) atoms. The lowest BCUT2D eigenvalue weighted by molar-refractivity contribution is 0.00578. The van der Waals surface area contributed by atoms with Gasteiger partial charge in [0.25, 0.3) is 0 Å². The van der Waals surface area contributed by atoms with Gasteiger partial charge in [0.1, 0.15) is 11.5 Å². The fourth-order valence-electron chi connectivity index (χ4n) is 1.78. The van der Waals surface area contributed by atoms with Crippen molar-refractivity contribution in [3.63, 3.8) is 0 Å². The van der Waals surface area contributed by atoms with Gasteiger partial charge in [-0.1, -0.05) is 18.2 Å². The van der Waals surface area contributed by atoms with Gasteiger partial charge in [0.05, 0.1) is 11.2 Å². The molecule has 0 saturated carbocycles. The topological polar surface area (TPSA) is 38.7 Å². The van der Waals surface area contributed by atoms with E-state index in [0.29, 0.717) is 5.56 Å². The maximum Gasteiger partial charge on any atom is 0.525 e. The van der Waals surface area contributed by atoms with E-state index in [1.165, 1.54) is 12.1 Å². The van der Waals surface area contributed by atoms with Gasteiger partial charge in [-0.15, -0.1) is 0 Å². The lowest BCUT2D eigenvalue weighted by atomic mass is 9.86. The fraction of sp³-hybridized carbons (Fsp3) is 0.429. The van der Waals surface area contributed by atoms with Crippen LogP contribution in [0.25, 0.3) is 6.08 Å². The highest BCUT2D eigenvalue weighted by atomic mass is 19.1. The van der Waals surface area contributed by atoms with Crippen LogP contribution in [0.1, 0.15) is 33.3 Å². The van der Waals surface area contributed by atoms with E-state index in [1.54, 1.807) is 18.2 Å². The molecule has 1 aromatic rings. The van der Waals surface area contributed by atoms with Crippen LogP contribution in [0.15, 0.2) is 30.0 Å². The number of rotatable bonds is 2. The molecule has 5 heteroatoms. The van der Waals surface area contributed by atoms with Gasteiger partial charge in [-0.2, -0.15) is 0 Å². The molecule has 1 aromatic carbocycles. The first-order valence-electron chi connectivity index (χ1n) is 6.24. The summed E-state index contributed by atoms with van der Waals surface area (Å²) >= 11 is 0. The fourth-order valence-corrected chi connectivity index (χ4v) is 1.78. The van der Waals surface area contributed by atoms with Crippen LogP contribution < -0.4 is 0 Å². The minimum atomic E-state index is -1.04. The third kappa shape index (κ3) is 2.67. The molecule has 0 amide bonds. The lowest BCUT2D eigenvalue weighted by Gasteiger charge is -2.32. The Morgan fingerprint density at radius 1 is 1.16 bits per heavy atom. The number of hydrogen-bond donors (Lipinski definition) is 1. The van der Waals surface area contributed by atoms with E-state index >= 15 is 0 Å². The number of hydrogen-bond acceptors (Lipinski definition) is 3. The van der Waals surface area contributed by atoms with E-state index in [0.717, 1.165) is 0 Å². The highest BCUT2D eigenvalue weighted by Crippen LogP contribution is 2.39. The second kappa shape index (κ2) is 4.65. The van der Waals surface area contributed by atoms with Crippen molar-refractivity contribution >= 4 is 13.2 Å². The molecule has 1 aliphatic heterocycles. The van der Waals surface area contributed by atoms with E-state index in [9.17, 15) is 9.50 Å². The molecule has 0 unspecified atom stereocenters. The molecule has 1 saturated heterocycles. The van der Waals surface area contributed by atoms with Gasteiger partial charge in [-0.05, 0) is 39.8 Å². The van der Waals surface area contributed by atoms with Crippen LogP contribution in [0.2, 0.25) is 0 Å². The van der Waals surface area contributed by atoms with Gasteiger partial charge in [-0.3, -0.25) is 0 Å². The molecule has 1 aliphatic rings. The second-order valence-electron chi connectivity index (χ2n) is 5.68. The monoisotopic (exact) mass is 264 g/mol. The SMILES string of the molecule is CC1(C)OB(C(F)=Cc2ccccc2O)OC1(C)C. The smallest absolute Gasteiger partial charge is 0.507 e. The first kappa shape index (κ1) is 14.1. The molecule has 1 N–H and O–H groups in total. The van der Waals surface area contributed by atoms with Crippen molar-refractivity contribution in [2.24, 2.45) is 0 Å². The third-order valence-electron chi connectivity index (χ3n) is 3.71. The van der Waals surface area contributed by atoms with Gasteiger partial charge < -0.3 is 14.4 Å². The van der Waals surface area contributed by atoms with Crippen molar-refractivity contribution in [2.75, 3.05) is 0 Å². The zero-order chi connectivity index (χ0) is 14.3. The van der Waals surface area contributed by atoms with Gasteiger partial charge >= 0.3 is 7.12 Å². The molecule has 2 rings (SSSR count). The highest BCUT2D eigenvalue weighted by molar-refractivity contribution is 6.54. The standard InChI is InChI=1S/C14H18BFO3/c1-13(2)14(3,4)19-15(18-13)12(16)9-10-7-5-6-8-11(10)17/h5-9,17H,1-4H3. The number of benzene rings is 1. The summed E-state index contributed by atoms with van der Waals surface area (Å²) in [6.07, 6.45) is 1.23. The van der Waals surface area contributed by atoms with Crippen molar-refractivity contribution in [1.29, 1.82) is 0 Å². The first-order valence-corrected chi connectivity index (χ1v) is 6.24. The summed E-state index contributed by atoms with van der Waals surface area (Å²) in [7, 11) is -1.04. The van der Waals surface area contributed by atoms with E-state index in [2.05, 4.69) is 0 Å². The van der Waals surface area contributed by atoms with E-state index in [4.69, 9.17) is 9.31 Å². The molecule has 1 fully saturated rings. The van der Waals surface area contributed by atoms with Crippen molar-refractivity contribution in [2.45, 2.75) is 38.9 Å². The second-order valence-corrected chi connectivity index (χ2v) is 5.68. The van der Waals surface area contributed by atoms with E-state index < -0.39 is 24.0 Å². The molecule has 0 atom stereocenters. The van der Waals surface area contributed by atoms with Crippen LogP contribution in [0.5, 0.6) is 5.75 Å². The molecule has 0 radical (unpaired) electrons. The molecule has 1 heterocycles. The number of aromatic hydroxyl groups is 1.